The molecule has 6 N–H and O–H groups in total. The third-order valence-corrected chi connectivity index (χ3v) is 7.48. The quantitative estimate of drug-likeness (QED) is 0.243. The van der Waals surface area contributed by atoms with E-state index in [1.54, 1.807) is 6.92 Å². The first kappa shape index (κ1) is 29.0. The Hall–Kier alpha value is -3.04. The zero-order valence-electron chi connectivity index (χ0n) is 21.9. The molecule has 1 aromatic rings. The van der Waals surface area contributed by atoms with Crippen LogP contribution in [0.4, 0.5) is 0 Å². The van der Waals surface area contributed by atoms with Gasteiger partial charge in [-0.2, -0.15) is 0 Å². The number of rotatable bonds is 9. The molecular weight excluding hydrogens is 516 g/mol. The maximum Gasteiger partial charge on any atom is 0.330 e. The van der Waals surface area contributed by atoms with Gasteiger partial charge in [0.1, 0.15) is 24.4 Å². The van der Waals surface area contributed by atoms with Crippen LogP contribution in [-0.2, 0) is 28.5 Å². The highest BCUT2D eigenvalue weighted by molar-refractivity contribution is 5.91. The lowest BCUT2D eigenvalue weighted by Crippen LogP contribution is -2.53. The summed E-state index contributed by atoms with van der Waals surface area (Å²) in [7, 11) is 1.26. The van der Waals surface area contributed by atoms with Gasteiger partial charge in [0.15, 0.2) is 18.1 Å². The smallest absolute Gasteiger partial charge is 0.330 e. The van der Waals surface area contributed by atoms with Crippen molar-refractivity contribution in [3.63, 3.8) is 0 Å². The predicted molar refractivity (Wildman–Crippen MR) is 134 cm³/mol. The first-order valence-corrected chi connectivity index (χ1v) is 13.1. The van der Waals surface area contributed by atoms with Gasteiger partial charge in [0.25, 0.3) is 11.5 Å². The molecule has 1 saturated heterocycles. The van der Waals surface area contributed by atoms with Crippen LogP contribution in [0.2, 0.25) is 0 Å². The molecule has 1 aromatic heterocycles. The Balaban J connectivity index is 1.49. The average molecular weight is 553 g/mol. The van der Waals surface area contributed by atoms with Gasteiger partial charge in [0.2, 0.25) is 12.2 Å². The van der Waals surface area contributed by atoms with Crippen molar-refractivity contribution in [2.24, 2.45) is 17.6 Å². The number of ether oxygens (including phenoxy) is 4. The summed E-state index contributed by atoms with van der Waals surface area (Å²) in [5, 5.41) is 24.4. The van der Waals surface area contributed by atoms with E-state index in [1.165, 1.54) is 19.6 Å². The normalized spacial score (nSPS) is 32.2. The topological polar surface area (TPSA) is 204 Å². The number of H-pyrrole nitrogens is 1. The van der Waals surface area contributed by atoms with Gasteiger partial charge in [-0.3, -0.25) is 23.9 Å². The Bertz CT molecular complexity index is 1180. The number of nitrogens with two attached hydrogens (primary N) is 1. The van der Waals surface area contributed by atoms with E-state index >= 15 is 0 Å². The molecule has 1 aliphatic carbocycles. The lowest BCUT2D eigenvalue weighted by atomic mass is 9.89. The van der Waals surface area contributed by atoms with Gasteiger partial charge < -0.3 is 40.2 Å². The van der Waals surface area contributed by atoms with Gasteiger partial charge in [-0.05, 0) is 24.8 Å². The standard InChI is InChI=1S/C25H36N4O10/c1-12-10-14(22(34)27-11-13-6-4-3-5-7-13)37-24(16(12)31)39-20(21(26)33)19-18(36-2)17(32)23(38-19)29-9-8-15(30)28-25(29)35/h8-10,12-13,16-20,23-24,31-32H,3-7,11H2,1-2H3,(H2,26,33)(H,27,34)(H,28,30,35)/t12-,16-,17+,18-,19-,20+,23+,24+/m0/s1. The van der Waals surface area contributed by atoms with Crippen molar-refractivity contribution in [2.45, 2.75) is 82.1 Å². The molecule has 216 valence electrons. The maximum absolute atomic E-state index is 12.8. The molecule has 0 spiro atoms. The molecule has 14 nitrogen and oxygen atoms in total. The highest BCUT2D eigenvalue weighted by Crippen LogP contribution is 2.34. The molecular formula is C25H36N4O10. The Morgan fingerprint density at radius 1 is 1.23 bits per heavy atom. The molecule has 2 fully saturated rings. The lowest BCUT2D eigenvalue weighted by molar-refractivity contribution is -0.235. The predicted octanol–water partition coefficient (Wildman–Crippen LogP) is -1.39. The number of nitrogens with one attached hydrogen (secondary N) is 2. The summed E-state index contributed by atoms with van der Waals surface area (Å²) < 4.78 is 23.5. The minimum Gasteiger partial charge on any atom is -0.457 e. The molecule has 0 aromatic carbocycles. The number of nitrogens with zero attached hydrogens (tertiary/aromatic N) is 1. The fourth-order valence-corrected chi connectivity index (χ4v) is 5.27. The Morgan fingerprint density at radius 3 is 2.59 bits per heavy atom. The number of methoxy groups -OCH3 is 1. The van der Waals surface area contributed by atoms with Gasteiger partial charge >= 0.3 is 5.69 Å². The zero-order chi connectivity index (χ0) is 28.3. The second-order valence-corrected chi connectivity index (χ2v) is 10.2. The van der Waals surface area contributed by atoms with E-state index in [1.807, 2.05) is 0 Å². The van der Waals surface area contributed by atoms with E-state index in [0.717, 1.165) is 42.5 Å². The summed E-state index contributed by atoms with van der Waals surface area (Å²) in [4.78, 5) is 51.1. The number of hydrogen-bond donors (Lipinski definition) is 5. The van der Waals surface area contributed by atoms with Crippen molar-refractivity contribution in [3.8, 4) is 0 Å². The lowest BCUT2D eigenvalue weighted by Gasteiger charge is -2.35. The van der Waals surface area contributed by atoms with Crippen LogP contribution in [0.3, 0.4) is 0 Å². The Morgan fingerprint density at radius 2 is 1.95 bits per heavy atom. The van der Waals surface area contributed by atoms with Crippen molar-refractivity contribution >= 4 is 11.8 Å². The van der Waals surface area contributed by atoms with Crippen molar-refractivity contribution in [1.29, 1.82) is 0 Å². The van der Waals surface area contributed by atoms with Gasteiger partial charge in [-0.15, -0.1) is 0 Å². The van der Waals surface area contributed by atoms with Gasteiger partial charge in [0, 0.05) is 31.8 Å². The second kappa shape index (κ2) is 12.4. The molecule has 0 radical (unpaired) electrons. The van der Waals surface area contributed by atoms with Crippen LogP contribution in [0.15, 0.2) is 33.7 Å². The fourth-order valence-electron chi connectivity index (χ4n) is 5.27. The molecule has 14 heteroatoms. The average Bonchev–Trinajstić information content (AvgIpc) is 3.23. The molecule has 1 saturated carbocycles. The largest absolute Gasteiger partial charge is 0.457 e. The zero-order valence-corrected chi connectivity index (χ0v) is 21.9. The maximum atomic E-state index is 12.8. The number of hydrogen-bond acceptors (Lipinski definition) is 10. The van der Waals surface area contributed by atoms with Crippen LogP contribution in [0.5, 0.6) is 0 Å². The van der Waals surface area contributed by atoms with Crippen molar-refractivity contribution < 1.29 is 38.7 Å². The number of primary amides is 1. The molecule has 2 aliphatic heterocycles. The molecule has 0 unspecified atom stereocenters. The molecule has 0 bridgehead atoms. The molecule has 8 atom stereocenters. The first-order valence-electron chi connectivity index (χ1n) is 13.1. The van der Waals surface area contributed by atoms with Crippen LogP contribution >= 0.6 is 0 Å². The van der Waals surface area contributed by atoms with Crippen molar-refractivity contribution in [2.75, 3.05) is 13.7 Å². The van der Waals surface area contributed by atoms with E-state index in [9.17, 15) is 29.4 Å². The summed E-state index contributed by atoms with van der Waals surface area (Å²) in [5.41, 5.74) is 4.11. The van der Waals surface area contributed by atoms with E-state index in [0.29, 0.717) is 12.5 Å². The molecule has 3 aliphatic rings. The van der Waals surface area contributed by atoms with Crippen molar-refractivity contribution in [3.05, 3.63) is 44.9 Å². The number of carbonyl (C=O) groups is 2. The van der Waals surface area contributed by atoms with Gasteiger partial charge in [0.05, 0.1) is 0 Å². The summed E-state index contributed by atoms with van der Waals surface area (Å²) in [6.07, 6.45) is -1.58. The third kappa shape index (κ3) is 6.41. The summed E-state index contributed by atoms with van der Waals surface area (Å²) in [6.45, 7) is 2.16. The monoisotopic (exact) mass is 552 g/mol. The Kier molecular flexibility index (Phi) is 9.23. The van der Waals surface area contributed by atoms with E-state index in [2.05, 4.69) is 10.3 Å². The summed E-state index contributed by atoms with van der Waals surface area (Å²) >= 11 is 0. The van der Waals surface area contributed by atoms with E-state index in [4.69, 9.17) is 24.7 Å². The fraction of sp³-hybridized carbons (Fsp3) is 0.680. The minimum absolute atomic E-state index is 0.0647. The van der Waals surface area contributed by atoms with Gasteiger partial charge in [-0.1, -0.05) is 26.2 Å². The van der Waals surface area contributed by atoms with Gasteiger partial charge in [-0.25, -0.2) is 4.79 Å². The van der Waals surface area contributed by atoms with Crippen LogP contribution in [0.1, 0.15) is 45.3 Å². The molecule has 39 heavy (non-hydrogen) atoms. The Labute approximate surface area is 224 Å². The van der Waals surface area contributed by atoms with Crippen LogP contribution < -0.4 is 22.3 Å². The van der Waals surface area contributed by atoms with E-state index in [-0.39, 0.29) is 5.76 Å². The molecule has 4 rings (SSSR count). The van der Waals surface area contributed by atoms with E-state index < -0.39 is 72.0 Å². The molecule has 3 heterocycles. The minimum atomic E-state index is -1.62. The number of carbonyl (C=O) groups excluding carboxylic acids is 2. The number of aliphatic hydroxyl groups is 2. The number of aliphatic hydroxyl groups excluding tert-OH is 2. The SMILES string of the molecule is CO[C@H]1[C@@H](O)[C@H](n2ccc(=O)[nH]c2=O)O[C@@H]1[C@@H](O[C@H]1OC(C(=O)NCC2CCCCC2)=C[C@H](C)[C@@H]1O)C(N)=O. The van der Waals surface area contributed by atoms with Crippen LogP contribution in [0, 0.1) is 11.8 Å². The molecule has 2 amide bonds. The number of aromatic amines is 1. The number of amides is 2. The highest BCUT2D eigenvalue weighted by Gasteiger charge is 2.52. The van der Waals surface area contributed by atoms with Crippen molar-refractivity contribution in [1.82, 2.24) is 14.9 Å². The highest BCUT2D eigenvalue weighted by atomic mass is 16.7. The number of aromatic nitrogens is 2. The first-order chi connectivity index (χ1) is 18.6. The summed E-state index contributed by atoms with van der Waals surface area (Å²) in [6, 6.07) is 1.06. The second-order valence-electron chi connectivity index (χ2n) is 10.2. The van der Waals surface area contributed by atoms with Crippen LogP contribution in [-0.4, -0.2) is 82.0 Å². The summed E-state index contributed by atoms with van der Waals surface area (Å²) in [5.74, 6) is -1.74. The third-order valence-electron chi connectivity index (χ3n) is 7.48. The van der Waals surface area contributed by atoms with Crippen LogP contribution in [0.25, 0.3) is 0 Å².